The van der Waals surface area contributed by atoms with Gasteiger partial charge in [-0.15, -0.1) is 0 Å². The molecule has 0 saturated heterocycles. The van der Waals surface area contributed by atoms with Gasteiger partial charge in [0.25, 0.3) is 0 Å². The van der Waals surface area contributed by atoms with Gasteiger partial charge < -0.3 is 0 Å². The van der Waals surface area contributed by atoms with Crippen molar-refractivity contribution in [2.75, 3.05) is 0 Å². The summed E-state index contributed by atoms with van der Waals surface area (Å²) in [6.07, 6.45) is 3.89. The zero-order valence-corrected chi connectivity index (χ0v) is 18.4. The van der Waals surface area contributed by atoms with Crippen LogP contribution in [0.15, 0.2) is 122 Å². The Hall–Kier alpha value is -4.56. The first-order chi connectivity index (χ1) is 16.9. The zero-order valence-electron chi connectivity index (χ0n) is 18.4. The first-order valence-electron chi connectivity index (χ1n) is 11.5. The molecule has 34 heavy (non-hydrogen) atoms. The van der Waals surface area contributed by atoms with E-state index in [4.69, 9.17) is 9.97 Å². The molecule has 2 heteroatoms. The third-order valence-electron chi connectivity index (χ3n) is 6.74. The minimum absolute atomic E-state index is 0.963. The van der Waals surface area contributed by atoms with Crippen LogP contribution in [0.3, 0.4) is 0 Å². The van der Waals surface area contributed by atoms with Crippen molar-refractivity contribution in [3.63, 3.8) is 0 Å². The van der Waals surface area contributed by atoms with Gasteiger partial charge in [-0.05, 0) is 50.9 Å². The molecular formula is C32H20N2. The number of fused-ring (bicyclic) bond motifs is 5. The van der Waals surface area contributed by atoms with Gasteiger partial charge in [-0.3, -0.25) is 9.97 Å². The lowest BCUT2D eigenvalue weighted by Crippen LogP contribution is -1.94. The third-order valence-corrected chi connectivity index (χ3v) is 6.74. The fourth-order valence-electron chi connectivity index (χ4n) is 5.31. The first kappa shape index (κ1) is 19.0. The van der Waals surface area contributed by atoms with Gasteiger partial charge in [0, 0.05) is 34.1 Å². The Morgan fingerprint density at radius 1 is 0.441 bits per heavy atom. The molecule has 0 radical (unpaired) electrons. The molecule has 7 aromatic rings. The van der Waals surface area contributed by atoms with Crippen molar-refractivity contribution in [1.82, 2.24) is 9.97 Å². The highest BCUT2D eigenvalue weighted by Gasteiger charge is 2.20. The summed E-state index contributed by atoms with van der Waals surface area (Å²) >= 11 is 0. The number of hydrogen-bond acceptors (Lipinski definition) is 2. The Kier molecular flexibility index (Phi) is 4.18. The van der Waals surface area contributed by atoms with E-state index in [1.54, 1.807) is 0 Å². The van der Waals surface area contributed by atoms with Gasteiger partial charge in [0.2, 0.25) is 0 Å². The maximum Gasteiger partial charge on any atom is 0.0715 e. The summed E-state index contributed by atoms with van der Waals surface area (Å²) in [6.45, 7) is 0. The summed E-state index contributed by atoms with van der Waals surface area (Å²) in [5.74, 6) is 0. The largest absolute Gasteiger partial charge is 0.256 e. The lowest BCUT2D eigenvalue weighted by molar-refractivity contribution is 1.34. The Morgan fingerprint density at radius 2 is 1.12 bits per heavy atom. The van der Waals surface area contributed by atoms with Gasteiger partial charge in [-0.25, -0.2) is 0 Å². The van der Waals surface area contributed by atoms with E-state index in [1.165, 1.54) is 38.1 Å². The Morgan fingerprint density at radius 3 is 1.94 bits per heavy atom. The second-order valence-corrected chi connectivity index (χ2v) is 8.60. The molecule has 0 aliphatic carbocycles. The van der Waals surface area contributed by atoms with Crippen molar-refractivity contribution in [1.29, 1.82) is 0 Å². The maximum absolute atomic E-state index is 4.87. The fourth-order valence-corrected chi connectivity index (χ4v) is 5.31. The lowest BCUT2D eigenvalue weighted by atomic mass is 9.85. The van der Waals surface area contributed by atoms with Crippen molar-refractivity contribution in [3.8, 4) is 22.4 Å². The van der Waals surface area contributed by atoms with Crippen LogP contribution in [0.2, 0.25) is 0 Å². The summed E-state index contributed by atoms with van der Waals surface area (Å²) in [5.41, 5.74) is 5.58. The van der Waals surface area contributed by atoms with Gasteiger partial charge in [0.1, 0.15) is 0 Å². The van der Waals surface area contributed by atoms with E-state index in [0.717, 1.165) is 27.5 Å². The van der Waals surface area contributed by atoms with E-state index in [0.29, 0.717) is 0 Å². The van der Waals surface area contributed by atoms with Gasteiger partial charge in [-0.1, -0.05) is 91.0 Å². The van der Waals surface area contributed by atoms with Crippen LogP contribution in [0.5, 0.6) is 0 Å². The molecule has 0 N–H and O–H groups in total. The molecule has 5 aromatic carbocycles. The van der Waals surface area contributed by atoms with E-state index >= 15 is 0 Å². The molecule has 2 heterocycles. The Balaban J connectivity index is 1.79. The van der Waals surface area contributed by atoms with Crippen molar-refractivity contribution < 1.29 is 0 Å². The topological polar surface area (TPSA) is 25.8 Å². The number of nitrogens with zero attached hydrogens (tertiary/aromatic N) is 2. The number of benzene rings is 5. The van der Waals surface area contributed by atoms with Crippen LogP contribution in [0.25, 0.3) is 65.6 Å². The monoisotopic (exact) mass is 432 g/mol. The molecule has 2 aromatic heterocycles. The Labute approximate surface area is 197 Å². The predicted molar refractivity (Wildman–Crippen MR) is 143 cm³/mol. The molecule has 0 spiro atoms. The van der Waals surface area contributed by atoms with Crippen molar-refractivity contribution in [3.05, 3.63) is 122 Å². The standard InChI is InChI=1S/C32H20N2/c1-2-12-22-21(10-1)11-9-16-23(22)31-25-14-4-3-13-24(25)30(29-18-7-8-19-33-29)27-20-34-28-17-6-5-15-26(28)32(27)31/h1-20H. The van der Waals surface area contributed by atoms with E-state index in [9.17, 15) is 0 Å². The molecule has 0 fully saturated rings. The van der Waals surface area contributed by atoms with E-state index < -0.39 is 0 Å². The van der Waals surface area contributed by atoms with Crippen LogP contribution >= 0.6 is 0 Å². The molecule has 0 aliphatic rings. The van der Waals surface area contributed by atoms with Crippen molar-refractivity contribution in [2.45, 2.75) is 0 Å². The summed E-state index contributed by atoms with van der Waals surface area (Å²) < 4.78 is 0. The Bertz CT molecular complexity index is 1850. The van der Waals surface area contributed by atoms with Crippen LogP contribution in [-0.2, 0) is 0 Å². The van der Waals surface area contributed by atoms with Crippen LogP contribution in [0, 0.1) is 0 Å². The van der Waals surface area contributed by atoms with Crippen LogP contribution in [-0.4, -0.2) is 9.97 Å². The van der Waals surface area contributed by atoms with Gasteiger partial charge in [-0.2, -0.15) is 0 Å². The number of hydrogen-bond donors (Lipinski definition) is 0. The minimum atomic E-state index is 0.963. The normalized spacial score (nSPS) is 11.5. The molecule has 2 nitrogen and oxygen atoms in total. The van der Waals surface area contributed by atoms with E-state index in [2.05, 4.69) is 103 Å². The van der Waals surface area contributed by atoms with Crippen LogP contribution in [0.4, 0.5) is 0 Å². The maximum atomic E-state index is 4.87. The molecule has 7 rings (SSSR count). The highest BCUT2D eigenvalue weighted by atomic mass is 14.7. The summed E-state index contributed by atoms with van der Waals surface area (Å²) in [4.78, 5) is 9.63. The van der Waals surface area contributed by atoms with Crippen molar-refractivity contribution in [2.24, 2.45) is 0 Å². The van der Waals surface area contributed by atoms with Crippen LogP contribution < -0.4 is 0 Å². The lowest BCUT2D eigenvalue weighted by Gasteiger charge is -2.19. The number of para-hydroxylation sites is 1. The molecule has 0 saturated carbocycles. The molecule has 0 aliphatic heterocycles. The van der Waals surface area contributed by atoms with Crippen molar-refractivity contribution >= 4 is 43.2 Å². The average Bonchev–Trinajstić information content (AvgIpc) is 2.92. The number of rotatable bonds is 2. The highest BCUT2D eigenvalue weighted by molar-refractivity contribution is 6.28. The van der Waals surface area contributed by atoms with Gasteiger partial charge in [0.05, 0.1) is 11.2 Å². The smallest absolute Gasteiger partial charge is 0.0715 e. The molecule has 0 bridgehead atoms. The third kappa shape index (κ3) is 2.76. The van der Waals surface area contributed by atoms with E-state index in [1.807, 2.05) is 18.5 Å². The SMILES string of the molecule is c1ccc(-c2c3ccccc3c(-c3cccc4ccccc34)c3c2cnc2ccccc23)nc1. The van der Waals surface area contributed by atoms with Gasteiger partial charge >= 0.3 is 0 Å². The van der Waals surface area contributed by atoms with E-state index in [-0.39, 0.29) is 0 Å². The molecule has 0 unspecified atom stereocenters. The second-order valence-electron chi connectivity index (χ2n) is 8.60. The summed E-state index contributed by atoms with van der Waals surface area (Å²) in [7, 11) is 0. The second kappa shape index (κ2) is 7.50. The quantitative estimate of drug-likeness (QED) is 0.202. The molecule has 0 atom stereocenters. The summed E-state index contributed by atoms with van der Waals surface area (Å²) in [6, 6.07) is 38.5. The summed E-state index contributed by atoms with van der Waals surface area (Å²) in [5, 5.41) is 8.41. The average molecular weight is 433 g/mol. The predicted octanol–water partition coefficient (Wildman–Crippen LogP) is 8.42. The fraction of sp³-hybridized carbons (Fsp3) is 0. The highest BCUT2D eigenvalue weighted by Crippen LogP contribution is 2.46. The van der Waals surface area contributed by atoms with Gasteiger partial charge in [0.15, 0.2) is 0 Å². The minimum Gasteiger partial charge on any atom is -0.256 e. The number of aromatic nitrogens is 2. The molecule has 158 valence electrons. The van der Waals surface area contributed by atoms with Crippen LogP contribution in [0.1, 0.15) is 0 Å². The zero-order chi connectivity index (χ0) is 22.5. The first-order valence-corrected chi connectivity index (χ1v) is 11.5. The molecule has 0 amide bonds. The molecular weight excluding hydrogens is 412 g/mol. The number of pyridine rings is 2.